The summed E-state index contributed by atoms with van der Waals surface area (Å²) in [6.07, 6.45) is 10.5. The molecule has 0 amide bonds. The maximum atomic E-state index is 12.9. The predicted octanol–water partition coefficient (Wildman–Crippen LogP) is 7.11. The van der Waals surface area contributed by atoms with Crippen LogP contribution in [0.5, 0.6) is 0 Å². The van der Waals surface area contributed by atoms with Gasteiger partial charge in [-0.2, -0.15) is 23.5 Å². The lowest BCUT2D eigenvalue weighted by molar-refractivity contribution is 0.0944. The zero-order valence-electron chi connectivity index (χ0n) is 16.2. The molecule has 0 aliphatic rings. The minimum atomic E-state index is 0.162. The van der Waals surface area contributed by atoms with E-state index in [-0.39, 0.29) is 5.92 Å². The van der Waals surface area contributed by atoms with Gasteiger partial charge in [-0.25, -0.2) is 0 Å². The number of ketones is 1. The third kappa shape index (κ3) is 11.0. The first kappa shape index (κ1) is 22.6. The first-order valence-corrected chi connectivity index (χ1v) is 12.3. The zero-order valence-corrected chi connectivity index (χ0v) is 17.8. The van der Waals surface area contributed by atoms with E-state index in [1.54, 1.807) is 0 Å². The first-order chi connectivity index (χ1) is 12.3. The Morgan fingerprint density at radius 1 is 0.800 bits per heavy atom. The van der Waals surface area contributed by atoms with E-state index >= 15 is 0 Å². The molecule has 142 valence electrons. The van der Waals surface area contributed by atoms with Gasteiger partial charge in [0.25, 0.3) is 0 Å². The van der Waals surface area contributed by atoms with Gasteiger partial charge < -0.3 is 0 Å². The molecule has 1 aromatic carbocycles. The fourth-order valence-electron chi connectivity index (χ4n) is 2.75. The molecule has 0 aliphatic carbocycles. The smallest absolute Gasteiger partial charge is 0.167 e. The second-order valence-electron chi connectivity index (χ2n) is 6.70. The minimum Gasteiger partial charge on any atom is -0.294 e. The summed E-state index contributed by atoms with van der Waals surface area (Å²) in [5.41, 5.74) is 0.880. The van der Waals surface area contributed by atoms with Crippen LogP contribution in [0, 0.1) is 5.92 Å². The van der Waals surface area contributed by atoms with E-state index in [1.807, 2.05) is 53.9 Å². The van der Waals surface area contributed by atoms with E-state index in [9.17, 15) is 4.79 Å². The lowest BCUT2D eigenvalue weighted by atomic mass is 10.0. The molecule has 25 heavy (non-hydrogen) atoms. The number of hydrogen-bond acceptors (Lipinski definition) is 3. The van der Waals surface area contributed by atoms with E-state index in [2.05, 4.69) is 13.8 Å². The van der Waals surface area contributed by atoms with Crippen LogP contribution in [0.3, 0.4) is 0 Å². The second-order valence-corrected chi connectivity index (χ2v) is 9.00. The average Bonchev–Trinajstić information content (AvgIpc) is 2.65. The number of hydrogen-bond donors (Lipinski definition) is 0. The number of benzene rings is 1. The third-order valence-electron chi connectivity index (χ3n) is 4.35. The highest BCUT2D eigenvalue weighted by atomic mass is 32.2. The van der Waals surface area contributed by atoms with Crippen LogP contribution in [0.1, 0.15) is 75.6 Å². The van der Waals surface area contributed by atoms with E-state index in [4.69, 9.17) is 0 Å². The third-order valence-corrected chi connectivity index (χ3v) is 6.78. The van der Waals surface area contributed by atoms with Gasteiger partial charge in [-0.1, -0.05) is 82.7 Å². The highest BCUT2D eigenvalue weighted by Gasteiger charge is 2.19. The topological polar surface area (TPSA) is 17.1 Å². The predicted molar refractivity (Wildman–Crippen MR) is 117 cm³/mol. The van der Waals surface area contributed by atoms with E-state index in [0.717, 1.165) is 17.1 Å². The molecule has 0 unspecified atom stereocenters. The molecule has 1 rings (SSSR count). The first-order valence-electron chi connectivity index (χ1n) is 10.0. The zero-order chi connectivity index (χ0) is 18.2. The Morgan fingerprint density at radius 2 is 1.32 bits per heavy atom. The van der Waals surface area contributed by atoms with Crippen LogP contribution in [-0.2, 0) is 0 Å². The van der Waals surface area contributed by atoms with Crippen LogP contribution in [0.2, 0.25) is 0 Å². The van der Waals surface area contributed by atoms with Gasteiger partial charge in [0.2, 0.25) is 0 Å². The maximum Gasteiger partial charge on any atom is 0.167 e. The summed E-state index contributed by atoms with van der Waals surface area (Å²) >= 11 is 3.95. The fraction of sp³-hybridized carbons (Fsp3) is 0.682. The lowest BCUT2D eigenvalue weighted by Gasteiger charge is -2.15. The van der Waals surface area contributed by atoms with E-state index in [0.29, 0.717) is 5.78 Å². The number of rotatable bonds is 16. The van der Waals surface area contributed by atoms with Crippen molar-refractivity contribution in [2.45, 2.75) is 65.2 Å². The Balaban J connectivity index is 2.39. The van der Waals surface area contributed by atoms with Crippen molar-refractivity contribution in [1.29, 1.82) is 0 Å². The van der Waals surface area contributed by atoms with Crippen molar-refractivity contribution in [2.24, 2.45) is 5.92 Å². The van der Waals surface area contributed by atoms with Crippen molar-refractivity contribution in [1.82, 2.24) is 0 Å². The molecule has 0 saturated heterocycles. The van der Waals surface area contributed by atoms with E-state index in [1.165, 1.54) is 62.9 Å². The Morgan fingerprint density at radius 3 is 1.80 bits per heavy atom. The van der Waals surface area contributed by atoms with Crippen LogP contribution in [0.25, 0.3) is 0 Å². The van der Waals surface area contributed by atoms with Gasteiger partial charge in [-0.3, -0.25) is 4.79 Å². The van der Waals surface area contributed by atoms with E-state index < -0.39 is 0 Å². The summed E-state index contributed by atoms with van der Waals surface area (Å²) in [6.45, 7) is 4.50. The molecule has 0 bridgehead atoms. The molecule has 1 nitrogen and oxygen atoms in total. The molecule has 0 saturated carbocycles. The van der Waals surface area contributed by atoms with Gasteiger partial charge in [-0.05, 0) is 24.3 Å². The van der Waals surface area contributed by atoms with Crippen LogP contribution in [0.4, 0.5) is 0 Å². The molecule has 0 aromatic heterocycles. The average molecular weight is 381 g/mol. The summed E-state index contributed by atoms with van der Waals surface area (Å²) in [7, 11) is 0. The molecule has 3 heteroatoms. The quantitative estimate of drug-likeness (QED) is 0.225. The maximum absolute atomic E-state index is 12.9. The van der Waals surface area contributed by atoms with Crippen molar-refractivity contribution >= 4 is 29.3 Å². The molecule has 0 fully saturated rings. The van der Waals surface area contributed by atoms with Crippen LogP contribution in [0.15, 0.2) is 30.3 Å². The van der Waals surface area contributed by atoms with Crippen molar-refractivity contribution in [2.75, 3.05) is 23.0 Å². The molecule has 0 N–H and O–H groups in total. The number of carbonyl (C=O) groups is 1. The molecule has 0 radical (unpaired) electrons. The van der Waals surface area contributed by atoms with Crippen molar-refractivity contribution < 1.29 is 4.79 Å². The van der Waals surface area contributed by atoms with Crippen LogP contribution >= 0.6 is 23.5 Å². The molecule has 0 spiro atoms. The number of unbranched alkanes of at least 4 members (excludes halogenated alkanes) is 6. The van der Waals surface area contributed by atoms with Gasteiger partial charge in [0.05, 0.1) is 0 Å². The summed E-state index contributed by atoms with van der Waals surface area (Å²) < 4.78 is 0. The Kier molecular flexibility index (Phi) is 14.3. The highest BCUT2D eigenvalue weighted by Crippen LogP contribution is 2.21. The second kappa shape index (κ2) is 15.8. The molecular formula is C22H36OS2. The van der Waals surface area contributed by atoms with Gasteiger partial charge in [0.15, 0.2) is 5.78 Å². The monoisotopic (exact) mass is 380 g/mol. The Labute approximate surface area is 164 Å². The van der Waals surface area contributed by atoms with Crippen molar-refractivity contribution in [3.63, 3.8) is 0 Å². The summed E-state index contributed by atoms with van der Waals surface area (Å²) in [5.74, 6) is 4.83. The molecule has 0 aliphatic heterocycles. The fourth-order valence-corrected chi connectivity index (χ4v) is 5.16. The Hall–Kier alpha value is -0.410. The summed E-state index contributed by atoms with van der Waals surface area (Å²) in [6, 6.07) is 9.86. The largest absolute Gasteiger partial charge is 0.294 e. The van der Waals surface area contributed by atoms with Gasteiger partial charge >= 0.3 is 0 Å². The van der Waals surface area contributed by atoms with Crippen LogP contribution < -0.4 is 0 Å². The molecule has 1 aromatic rings. The number of thioether (sulfide) groups is 2. The lowest BCUT2D eigenvalue weighted by Crippen LogP contribution is -2.20. The van der Waals surface area contributed by atoms with Gasteiger partial charge in [0, 0.05) is 23.0 Å². The normalized spacial score (nSPS) is 11.2. The van der Waals surface area contributed by atoms with Crippen molar-refractivity contribution in [3.05, 3.63) is 35.9 Å². The minimum absolute atomic E-state index is 0.162. The van der Waals surface area contributed by atoms with Crippen LogP contribution in [-0.4, -0.2) is 28.8 Å². The standard InChI is InChI=1S/C22H36OS2/c1-3-5-7-12-16-24-18-21(19-25-17-13-8-6-4-2)22(23)20-14-10-9-11-15-20/h9-11,14-15,21H,3-8,12-13,16-19H2,1-2H3. The summed E-state index contributed by atoms with van der Waals surface area (Å²) in [5, 5.41) is 0. The molecule has 0 heterocycles. The SMILES string of the molecule is CCCCCCSCC(CSCCCCCC)C(=O)c1ccccc1. The highest BCUT2D eigenvalue weighted by molar-refractivity contribution is 8.00. The number of Topliss-reactive ketones (excluding diaryl/α,β-unsaturated/α-hetero) is 1. The van der Waals surface area contributed by atoms with Gasteiger partial charge in [-0.15, -0.1) is 0 Å². The number of carbonyl (C=O) groups excluding carboxylic acids is 1. The molecular weight excluding hydrogens is 344 g/mol. The van der Waals surface area contributed by atoms with Crippen molar-refractivity contribution in [3.8, 4) is 0 Å². The Bertz CT molecular complexity index is 417. The van der Waals surface area contributed by atoms with Gasteiger partial charge in [0.1, 0.15) is 0 Å². The molecule has 0 atom stereocenters. The summed E-state index contributed by atoms with van der Waals surface area (Å²) in [4.78, 5) is 12.9.